The van der Waals surface area contributed by atoms with E-state index in [9.17, 15) is 20.0 Å². The Bertz CT molecular complexity index is 1110. The summed E-state index contributed by atoms with van der Waals surface area (Å²) in [6.45, 7) is 0.161. The SMILES string of the molecule is N#Cc1cccc(NC(=O)c2ccc(NC[C@@H](CO)Cc3ccco3)c([N+](=O)[O-])c2)c1. The number of benzene rings is 2. The topological polar surface area (TPSA) is 141 Å². The van der Waals surface area contributed by atoms with Gasteiger partial charge in [-0.2, -0.15) is 5.26 Å². The Morgan fingerprint density at radius 2 is 2.06 bits per heavy atom. The van der Waals surface area contributed by atoms with Gasteiger partial charge in [0.25, 0.3) is 11.6 Å². The zero-order valence-electron chi connectivity index (χ0n) is 16.4. The second kappa shape index (κ2) is 10.0. The molecule has 3 N–H and O–H groups in total. The lowest BCUT2D eigenvalue weighted by molar-refractivity contribution is -0.384. The molecule has 3 rings (SSSR count). The molecule has 0 saturated carbocycles. The third kappa shape index (κ3) is 5.68. The van der Waals surface area contributed by atoms with Gasteiger partial charge >= 0.3 is 0 Å². The van der Waals surface area contributed by atoms with Crippen molar-refractivity contribution in [3.05, 3.63) is 87.9 Å². The fourth-order valence-electron chi connectivity index (χ4n) is 3.01. The Hall–Kier alpha value is -4.16. The van der Waals surface area contributed by atoms with Gasteiger partial charge in [0.2, 0.25) is 0 Å². The zero-order chi connectivity index (χ0) is 22.2. The fourth-order valence-corrected chi connectivity index (χ4v) is 3.01. The molecule has 0 saturated heterocycles. The number of rotatable bonds is 9. The number of nitrogens with zero attached hydrogens (tertiary/aromatic N) is 2. The van der Waals surface area contributed by atoms with E-state index < -0.39 is 10.8 Å². The first kappa shape index (κ1) is 21.5. The minimum absolute atomic E-state index is 0.105. The minimum Gasteiger partial charge on any atom is -0.469 e. The van der Waals surface area contributed by atoms with Gasteiger partial charge in [0.15, 0.2) is 0 Å². The monoisotopic (exact) mass is 420 g/mol. The molecular weight excluding hydrogens is 400 g/mol. The van der Waals surface area contributed by atoms with Crippen LogP contribution in [0.2, 0.25) is 0 Å². The van der Waals surface area contributed by atoms with Crippen LogP contribution < -0.4 is 10.6 Å². The highest BCUT2D eigenvalue weighted by Gasteiger charge is 2.19. The zero-order valence-corrected chi connectivity index (χ0v) is 16.4. The average Bonchev–Trinajstić information content (AvgIpc) is 3.29. The third-order valence-electron chi connectivity index (χ3n) is 4.62. The van der Waals surface area contributed by atoms with Crippen LogP contribution >= 0.6 is 0 Å². The largest absolute Gasteiger partial charge is 0.469 e. The lowest BCUT2D eigenvalue weighted by Gasteiger charge is -2.15. The molecular formula is C22H20N4O5. The van der Waals surface area contributed by atoms with E-state index in [2.05, 4.69) is 10.6 Å². The molecule has 0 radical (unpaired) electrons. The molecule has 1 heterocycles. The van der Waals surface area contributed by atoms with Crippen molar-refractivity contribution in [3.8, 4) is 6.07 Å². The molecule has 9 nitrogen and oxygen atoms in total. The number of carbonyl (C=O) groups is 1. The highest BCUT2D eigenvalue weighted by atomic mass is 16.6. The van der Waals surface area contributed by atoms with Crippen LogP contribution in [-0.4, -0.2) is 29.1 Å². The predicted molar refractivity (Wildman–Crippen MR) is 114 cm³/mol. The molecule has 0 bridgehead atoms. The number of nitrogens with one attached hydrogen (secondary N) is 2. The van der Waals surface area contributed by atoms with Crippen molar-refractivity contribution < 1.29 is 19.2 Å². The van der Waals surface area contributed by atoms with Crippen molar-refractivity contribution in [2.45, 2.75) is 6.42 Å². The van der Waals surface area contributed by atoms with E-state index in [4.69, 9.17) is 9.68 Å². The Kier molecular flexibility index (Phi) is 6.98. The van der Waals surface area contributed by atoms with Crippen molar-refractivity contribution >= 4 is 23.0 Å². The van der Waals surface area contributed by atoms with Crippen LogP contribution in [0.15, 0.2) is 65.3 Å². The first-order chi connectivity index (χ1) is 15.0. The molecule has 158 valence electrons. The summed E-state index contributed by atoms with van der Waals surface area (Å²) in [5.41, 5.74) is 0.891. The van der Waals surface area contributed by atoms with Crippen LogP contribution in [0.3, 0.4) is 0 Å². The summed E-state index contributed by atoms with van der Waals surface area (Å²) >= 11 is 0. The molecule has 9 heteroatoms. The van der Waals surface area contributed by atoms with Crippen molar-refractivity contribution in [1.82, 2.24) is 0 Å². The van der Waals surface area contributed by atoms with Gasteiger partial charge in [-0.3, -0.25) is 14.9 Å². The van der Waals surface area contributed by atoms with Crippen LogP contribution in [0.4, 0.5) is 17.1 Å². The highest BCUT2D eigenvalue weighted by Crippen LogP contribution is 2.27. The molecule has 0 fully saturated rings. The Morgan fingerprint density at radius 3 is 2.74 bits per heavy atom. The number of nitriles is 1. The smallest absolute Gasteiger partial charge is 0.293 e. The maximum atomic E-state index is 12.5. The average molecular weight is 420 g/mol. The van der Waals surface area contributed by atoms with E-state index in [1.165, 1.54) is 24.3 Å². The number of hydrogen-bond acceptors (Lipinski definition) is 7. The summed E-state index contributed by atoms with van der Waals surface area (Å²) < 4.78 is 5.28. The number of nitro groups is 1. The van der Waals surface area contributed by atoms with Crippen molar-refractivity contribution in [1.29, 1.82) is 5.26 Å². The Balaban J connectivity index is 1.72. The molecule has 1 amide bonds. The number of amides is 1. The van der Waals surface area contributed by atoms with E-state index in [0.717, 1.165) is 0 Å². The summed E-state index contributed by atoms with van der Waals surface area (Å²) in [6.07, 6.45) is 2.02. The lowest BCUT2D eigenvalue weighted by Crippen LogP contribution is -2.20. The first-order valence-corrected chi connectivity index (χ1v) is 9.47. The van der Waals surface area contributed by atoms with E-state index >= 15 is 0 Å². The standard InChI is InChI=1S/C22H20N4O5/c23-12-15-3-1-4-18(9-15)25-22(28)17-6-7-20(21(11-17)26(29)30)24-13-16(14-27)10-19-5-2-8-31-19/h1-9,11,16,24,27H,10,13-14H2,(H,25,28)/t16-/m0/s1. The summed E-state index contributed by atoms with van der Waals surface area (Å²) in [4.78, 5) is 23.5. The van der Waals surface area contributed by atoms with Crippen molar-refractivity contribution in [2.24, 2.45) is 5.92 Å². The first-order valence-electron chi connectivity index (χ1n) is 9.47. The van der Waals surface area contributed by atoms with Crippen LogP contribution in [0, 0.1) is 27.4 Å². The Morgan fingerprint density at radius 1 is 1.23 bits per heavy atom. The van der Waals surface area contributed by atoms with Gasteiger partial charge in [-0.1, -0.05) is 6.07 Å². The highest BCUT2D eigenvalue weighted by molar-refractivity contribution is 6.05. The number of carbonyl (C=O) groups excluding carboxylic acids is 1. The number of aliphatic hydroxyl groups excluding tert-OH is 1. The van der Waals surface area contributed by atoms with E-state index in [0.29, 0.717) is 23.4 Å². The molecule has 0 aliphatic heterocycles. The van der Waals surface area contributed by atoms with Gasteiger partial charge in [-0.05, 0) is 42.5 Å². The van der Waals surface area contributed by atoms with Gasteiger partial charge in [0.05, 0.1) is 22.8 Å². The number of aliphatic hydroxyl groups is 1. The normalized spacial score (nSPS) is 11.4. The van der Waals surface area contributed by atoms with E-state index in [-0.39, 0.29) is 36.0 Å². The van der Waals surface area contributed by atoms with Crippen LogP contribution in [0.5, 0.6) is 0 Å². The minimum atomic E-state index is -0.574. The second-order valence-corrected chi connectivity index (χ2v) is 6.85. The molecule has 0 unspecified atom stereocenters. The number of nitro benzene ring substituents is 1. The second-order valence-electron chi connectivity index (χ2n) is 6.85. The molecule has 0 aliphatic rings. The van der Waals surface area contributed by atoms with Gasteiger partial charge in [0, 0.05) is 42.8 Å². The lowest BCUT2D eigenvalue weighted by atomic mass is 10.0. The van der Waals surface area contributed by atoms with Crippen LogP contribution in [0.25, 0.3) is 0 Å². The van der Waals surface area contributed by atoms with Gasteiger partial charge in [-0.15, -0.1) is 0 Å². The molecule has 1 atom stereocenters. The number of furan rings is 1. The summed E-state index contributed by atoms with van der Waals surface area (Å²) in [5.74, 6) is -0.0280. The van der Waals surface area contributed by atoms with Crippen molar-refractivity contribution in [2.75, 3.05) is 23.8 Å². The van der Waals surface area contributed by atoms with E-state index in [1.807, 2.05) is 6.07 Å². The number of hydrogen-bond donors (Lipinski definition) is 3. The molecule has 3 aromatic rings. The Labute approximate surface area is 178 Å². The molecule has 31 heavy (non-hydrogen) atoms. The fraction of sp³-hybridized carbons (Fsp3) is 0.182. The molecule has 1 aromatic heterocycles. The molecule has 0 aliphatic carbocycles. The maximum absolute atomic E-state index is 12.5. The third-order valence-corrected chi connectivity index (χ3v) is 4.62. The van der Waals surface area contributed by atoms with Crippen LogP contribution in [-0.2, 0) is 6.42 Å². The van der Waals surface area contributed by atoms with Crippen LogP contribution in [0.1, 0.15) is 21.7 Å². The van der Waals surface area contributed by atoms with Gasteiger partial charge in [-0.25, -0.2) is 0 Å². The quantitative estimate of drug-likeness (QED) is 0.355. The maximum Gasteiger partial charge on any atom is 0.293 e. The summed E-state index contributed by atoms with van der Waals surface area (Å²) in [7, 11) is 0. The molecule has 0 spiro atoms. The molecule has 2 aromatic carbocycles. The van der Waals surface area contributed by atoms with Gasteiger partial charge in [0.1, 0.15) is 11.4 Å². The summed E-state index contributed by atoms with van der Waals surface area (Å²) in [5, 5.41) is 35.7. The van der Waals surface area contributed by atoms with E-state index in [1.54, 1.807) is 36.6 Å². The predicted octanol–water partition coefficient (Wildman–Crippen LogP) is 3.57. The number of anilines is 2. The van der Waals surface area contributed by atoms with Gasteiger partial charge < -0.3 is 20.2 Å². The van der Waals surface area contributed by atoms with Crippen molar-refractivity contribution in [3.63, 3.8) is 0 Å². The summed E-state index contributed by atoms with van der Waals surface area (Å²) in [6, 6.07) is 16.0.